The lowest BCUT2D eigenvalue weighted by Crippen LogP contribution is -2.52. The van der Waals surface area contributed by atoms with Gasteiger partial charge in [-0.25, -0.2) is 9.97 Å². The van der Waals surface area contributed by atoms with Gasteiger partial charge >= 0.3 is 0 Å². The molecule has 0 spiro atoms. The number of ether oxygens (including phenoxy) is 2. The summed E-state index contributed by atoms with van der Waals surface area (Å²) in [6.45, 7) is 7.18. The van der Waals surface area contributed by atoms with E-state index < -0.39 is 0 Å². The van der Waals surface area contributed by atoms with Gasteiger partial charge < -0.3 is 14.4 Å². The first kappa shape index (κ1) is 21.5. The first-order valence-corrected chi connectivity index (χ1v) is 12.0. The molecule has 3 aliphatic rings. The molecule has 1 saturated carbocycles. The number of rotatable bonds is 6. The van der Waals surface area contributed by atoms with Crippen molar-refractivity contribution < 1.29 is 9.47 Å². The Morgan fingerprint density at radius 3 is 2.50 bits per heavy atom. The molecule has 2 aliphatic heterocycles. The van der Waals surface area contributed by atoms with E-state index in [9.17, 15) is 0 Å². The molecule has 1 saturated heterocycles. The standard InChI is InChI=1S/C25H35N5O2/c1-31-22-6-7-24(32-2)20(16-22)18-28-10-8-19-17-26-25(27-23(19)9-11-28)30-14-12-29(13-15-30)21-4-3-5-21/h6-7,16-17,21H,3-5,8-15,18H2,1-2H3. The van der Waals surface area contributed by atoms with E-state index in [1.54, 1.807) is 14.2 Å². The third kappa shape index (κ3) is 4.55. The topological polar surface area (TPSA) is 54.0 Å². The van der Waals surface area contributed by atoms with E-state index in [-0.39, 0.29) is 0 Å². The van der Waals surface area contributed by atoms with Gasteiger partial charge in [-0.05, 0) is 43.0 Å². The molecule has 0 unspecified atom stereocenters. The van der Waals surface area contributed by atoms with Crippen molar-refractivity contribution in [3.8, 4) is 11.5 Å². The summed E-state index contributed by atoms with van der Waals surface area (Å²) >= 11 is 0. The van der Waals surface area contributed by atoms with Gasteiger partial charge in [0.2, 0.25) is 5.95 Å². The number of hydrogen-bond donors (Lipinski definition) is 0. The van der Waals surface area contributed by atoms with Gasteiger partial charge in [0.1, 0.15) is 11.5 Å². The number of hydrogen-bond acceptors (Lipinski definition) is 7. The van der Waals surface area contributed by atoms with E-state index in [1.165, 1.54) is 30.5 Å². The molecule has 0 radical (unpaired) electrons. The third-order valence-electron chi connectivity index (χ3n) is 7.37. The van der Waals surface area contributed by atoms with E-state index in [0.717, 1.165) is 87.7 Å². The molecule has 0 atom stereocenters. The molecule has 0 bridgehead atoms. The van der Waals surface area contributed by atoms with Gasteiger partial charge in [-0.15, -0.1) is 0 Å². The number of nitrogens with zero attached hydrogens (tertiary/aromatic N) is 5. The minimum Gasteiger partial charge on any atom is -0.497 e. The number of anilines is 1. The van der Waals surface area contributed by atoms with Crippen LogP contribution in [-0.2, 0) is 19.4 Å². The van der Waals surface area contributed by atoms with Gasteiger partial charge in [-0.2, -0.15) is 0 Å². The van der Waals surface area contributed by atoms with Crippen LogP contribution in [0.5, 0.6) is 11.5 Å². The van der Waals surface area contributed by atoms with Crippen molar-refractivity contribution in [2.75, 3.05) is 58.4 Å². The quantitative estimate of drug-likeness (QED) is 0.689. The van der Waals surface area contributed by atoms with E-state index in [4.69, 9.17) is 19.4 Å². The van der Waals surface area contributed by atoms with E-state index in [0.29, 0.717) is 0 Å². The fourth-order valence-electron chi connectivity index (χ4n) is 5.11. The molecule has 7 heteroatoms. The van der Waals surface area contributed by atoms with Crippen LogP contribution in [0, 0.1) is 0 Å². The van der Waals surface area contributed by atoms with Gasteiger partial charge in [-0.3, -0.25) is 9.80 Å². The highest BCUT2D eigenvalue weighted by Gasteiger charge is 2.29. The molecule has 2 fully saturated rings. The normalized spacial score (nSPS) is 20.4. The molecular formula is C25H35N5O2. The number of benzene rings is 1. The largest absolute Gasteiger partial charge is 0.497 e. The highest BCUT2D eigenvalue weighted by atomic mass is 16.5. The summed E-state index contributed by atoms with van der Waals surface area (Å²) in [6.07, 6.45) is 8.18. The molecule has 0 amide bonds. The zero-order valence-corrected chi connectivity index (χ0v) is 19.4. The Morgan fingerprint density at radius 2 is 1.78 bits per heavy atom. The third-order valence-corrected chi connectivity index (χ3v) is 7.37. The Kier molecular flexibility index (Phi) is 6.46. The SMILES string of the molecule is COc1ccc(OC)c(CN2CCc3cnc(N4CCN(C5CCC5)CC4)nc3CC2)c1. The van der Waals surface area contributed by atoms with Crippen LogP contribution >= 0.6 is 0 Å². The molecule has 2 aromatic rings. The van der Waals surface area contributed by atoms with Crippen LogP contribution in [0.15, 0.2) is 24.4 Å². The Bertz CT molecular complexity index is 925. The average Bonchev–Trinajstić information content (AvgIpc) is 3.00. The summed E-state index contributed by atoms with van der Waals surface area (Å²) in [4.78, 5) is 17.3. The van der Waals surface area contributed by atoms with Crippen molar-refractivity contribution in [1.29, 1.82) is 0 Å². The van der Waals surface area contributed by atoms with Crippen molar-refractivity contribution in [2.24, 2.45) is 0 Å². The van der Waals surface area contributed by atoms with Crippen LogP contribution in [0.3, 0.4) is 0 Å². The van der Waals surface area contributed by atoms with Gasteiger partial charge in [0.15, 0.2) is 0 Å². The van der Waals surface area contributed by atoms with Crippen LogP contribution in [0.2, 0.25) is 0 Å². The van der Waals surface area contributed by atoms with Crippen molar-refractivity contribution >= 4 is 5.95 Å². The maximum absolute atomic E-state index is 5.58. The predicted molar refractivity (Wildman–Crippen MR) is 126 cm³/mol. The lowest BCUT2D eigenvalue weighted by molar-refractivity contribution is 0.120. The predicted octanol–water partition coefficient (Wildman–Crippen LogP) is 2.77. The molecule has 32 heavy (non-hydrogen) atoms. The van der Waals surface area contributed by atoms with Crippen LogP contribution in [-0.4, -0.2) is 79.3 Å². The first-order valence-electron chi connectivity index (χ1n) is 12.0. The summed E-state index contributed by atoms with van der Waals surface area (Å²) < 4.78 is 11.0. The maximum atomic E-state index is 5.58. The Morgan fingerprint density at radius 1 is 0.969 bits per heavy atom. The second-order valence-corrected chi connectivity index (χ2v) is 9.20. The van der Waals surface area contributed by atoms with Crippen molar-refractivity contribution in [3.05, 3.63) is 41.2 Å². The second-order valence-electron chi connectivity index (χ2n) is 9.20. The van der Waals surface area contributed by atoms with Gasteiger partial charge in [0.25, 0.3) is 0 Å². The molecule has 5 rings (SSSR count). The number of fused-ring (bicyclic) bond motifs is 1. The van der Waals surface area contributed by atoms with E-state index in [2.05, 4.69) is 27.0 Å². The molecule has 172 valence electrons. The lowest BCUT2D eigenvalue weighted by Gasteiger charge is -2.43. The first-order chi connectivity index (χ1) is 15.7. The maximum Gasteiger partial charge on any atom is 0.225 e. The number of piperazine rings is 1. The lowest BCUT2D eigenvalue weighted by atomic mass is 9.91. The van der Waals surface area contributed by atoms with Crippen LogP contribution in [0.25, 0.3) is 0 Å². The fourth-order valence-corrected chi connectivity index (χ4v) is 5.11. The molecule has 1 aromatic heterocycles. The molecule has 0 N–H and O–H groups in total. The highest BCUT2D eigenvalue weighted by molar-refractivity contribution is 5.40. The zero-order chi connectivity index (χ0) is 21.9. The van der Waals surface area contributed by atoms with Gasteiger partial charge in [-0.1, -0.05) is 6.42 Å². The fraction of sp³-hybridized carbons (Fsp3) is 0.600. The van der Waals surface area contributed by atoms with E-state index >= 15 is 0 Å². The van der Waals surface area contributed by atoms with E-state index in [1.807, 2.05) is 12.1 Å². The molecular weight excluding hydrogens is 402 g/mol. The zero-order valence-electron chi connectivity index (χ0n) is 19.4. The van der Waals surface area contributed by atoms with Crippen molar-refractivity contribution in [3.63, 3.8) is 0 Å². The molecule has 7 nitrogen and oxygen atoms in total. The summed E-state index contributed by atoms with van der Waals surface area (Å²) in [7, 11) is 3.43. The number of aromatic nitrogens is 2. The Labute approximate surface area is 191 Å². The molecule has 1 aliphatic carbocycles. The summed E-state index contributed by atoms with van der Waals surface area (Å²) in [5.41, 5.74) is 3.67. The molecule has 1 aromatic carbocycles. The summed E-state index contributed by atoms with van der Waals surface area (Å²) in [6, 6.07) is 6.85. The summed E-state index contributed by atoms with van der Waals surface area (Å²) in [5.74, 6) is 2.70. The van der Waals surface area contributed by atoms with Gasteiger partial charge in [0, 0.05) is 70.0 Å². The van der Waals surface area contributed by atoms with Crippen LogP contribution < -0.4 is 14.4 Å². The second kappa shape index (κ2) is 9.63. The smallest absolute Gasteiger partial charge is 0.225 e. The average molecular weight is 438 g/mol. The van der Waals surface area contributed by atoms with Crippen molar-refractivity contribution in [1.82, 2.24) is 19.8 Å². The van der Waals surface area contributed by atoms with Crippen LogP contribution in [0.1, 0.15) is 36.1 Å². The summed E-state index contributed by atoms with van der Waals surface area (Å²) in [5, 5.41) is 0. The van der Waals surface area contributed by atoms with Gasteiger partial charge in [0.05, 0.1) is 19.9 Å². The Hall–Kier alpha value is -2.38. The van der Waals surface area contributed by atoms with Crippen molar-refractivity contribution in [2.45, 2.75) is 44.7 Å². The number of methoxy groups -OCH3 is 2. The molecule has 3 heterocycles. The van der Waals surface area contributed by atoms with Crippen LogP contribution in [0.4, 0.5) is 5.95 Å². The minimum atomic E-state index is 0.833. The monoisotopic (exact) mass is 437 g/mol. The highest BCUT2D eigenvalue weighted by Crippen LogP contribution is 2.28. The minimum absolute atomic E-state index is 0.833. The Balaban J connectivity index is 1.22.